The number of rotatable bonds is 9. The van der Waals surface area contributed by atoms with Crippen LogP contribution in [0.2, 0.25) is 0 Å². The van der Waals surface area contributed by atoms with Crippen molar-refractivity contribution in [2.24, 2.45) is 11.3 Å². The Balaban J connectivity index is 3.87. The van der Waals surface area contributed by atoms with Gasteiger partial charge in [-0.15, -0.1) is 0 Å². The number of sulfonamides is 1. The summed E-state index contributed by atoms with van der Waals surface area (Å²) in [4.78, 5) is 0. The molecule has 0 aliphatic carbocycles. The molecular formula is C14H32N2O2S. The quantitative estimate of drug-likeness (QED) is 0.641. The zero-order chi connectivity index (χ0) is 15.1. The molecule has 0 saturated heterocycles. The molecule has 0 radical (unpaired) electrons. The summed E-state index contributed by atoms with van der Waals surface area (Å²) < 4.78 is 26.4. The monoisotopic (exact) mass is 292 g/mol. The lowest BCUT2D eigenvalue weighted by molar-refractivity contribution is 0.263. The standard InChI is InChI=1S/C14H32N2O2S/c1-12(2)15-9-7-8-10-19(17,18)16-11-13(3)14(4,5)6/h12-13,15-16H,7-11H2,1-6H3. The summed E-state index contributed by atoms with van der Waals surface area (Å²) in [7, 11) is -3.12. The van der Waals surface area contributed by atoms with E-state index in [9.17, 15) is 8.42 Å². The van der Waals surface area contributed by atoms with Crippen molar-refractivity contribution in [1.82, 2.24) is 10.0 Å². The molecule has 0 spiro atoms. The first-order valence-corrected chi connectivity index (χ1v) is 8.90. The molecule has 4 nitrogen and oxygen atoms in total. The van der Waals surface area contributed by atoms with Crippen molar-refractivity contribution in [3.63, 3.8) is 0 Å². The van der Waals surface area contributed by atoms with Gasteiger partial charge in [-0.2, -0.15) is 0 Å². The molecule has 116 valence electrons. The molecule has 1 unspecified atom stereocenters. The third-order valence-electron chi connectivity index (χ3n) is 3.48. The maximum atomic E-state index is 11.8. The predicted molar refractivity (Wildman–Crippen MR) is 82.8 cm³/mol. The van der Waals surface area contributed by atoms with Crippen LogP contribution >= 0.6 is 0 Å². The first-order valence-electron chi connectivity index (χ1n) is 7.25. The molecule has 1 atom stereocenters. The SMILES string of the molecule is CC(C)NCCCCS(=O)(=O)NCC(C)C(C)(C)C. The van der Waals surface area contributed by atoms with E-state index in [1.807, 2.05) is 0 Å². The van der Waals surface area contributed by atoms with E-state index in [4.69, 9.17) is 0 Å². The van der Waals surface area contributed by atoms with Gasteiger partial charge >= 0.3 is 0 Å². The number of nitrogens with one attached hydrogen (secondary N) is 2. The minimum absolute atomic E-state index is 0.129. The number of unbranched alkanes of at least 4 members (excludes halogenated alkanes) is 1. The fourth-order valence-corrected chi connectivity index (χ4v) is 2.67. The van der Waals surface area contributed by atoms with Crippen molar-refractivity contribution < 1.29 is 8.42 Å². The second-order valence-electron chi connectivity index (χ2n) is 6.75. The van der Waals surface area contributed by atoms with E-state index in [1.54, 1.807) is 0 Å². The van der Waals surface area contributed by atoms with Crippen molar-refractivity contribution in [3.8, 4) is 0 Å². The highest BCUT2D eigenvalue weighted by molar-refractivity contribution is 7.89. The van der Waals surface area contributed by atoms with E-state index in [1.165, 1.54) is 0 Å². The average molecular weight is 292 g/mol. The maximum absolute atomic E-state index is 11.8. The van der Waals surface area contributed by atoms with Crippen molar-refractivity contribution in [2.75, 3.05) is 18.8 Å². The van der Waals surface area contributed by atoms with Crippen LogP contribution in [0.15, 0.2) is 0 Å². The molecule has 0 aromatic carbocycles. The van der Waals surface area contributed by atoms with Gasteiger partial charge < -0.3 is 5.32 Å². The molecule has 19 heavy (non-hydrogen) atoms. The topological polar surface area (TPSA) is 58.2 Å². The van der Waals surface area contributed by atoms with E-state index in [2.05, 4.69) is 51.6 Å². The summed E-state index contributed by atoms with van der Waals surface area (Å²) in [6, 6.07) is 0.461. The van der Waals surface area contributed by atoms with Crippen LogP contribution in [0.25, 0.3) is 0 Å². The van der Waals surface area contributed by atoms with Gasteiger partial charge in [0.1, 0.15) is 0 Å². The van der Waals surface area contributed by atoms with Crippen LogP contribution in [-0.4, -0.2) is 33.3 Å². The Morgan fingerprint density at radius 2 is 1.63 bits per heavy atom. The van der Waals surface area contributed by atoms with Gasteiger partial charge in [0.2, 0.25) is 10.0 Å². The first kappa shape index (κ1) is 18.9. The second kappa shape index (κ2) is 8.22. The summed E-state index contributed by atoms with van der Waals surface area (Å²) in [5.41, 5.74) is 0.129. The summed E-state index contributed by atoms with van der Waals surface area (Å²) in [5.74, 6) is 0.550. The molecule has 0 aliphatic rings. The third-order valence-corrected chi connectivity index (χ3v) is 4.91. The zero-order valence-electron chi connectivity index (χ0n) is 13.4. The van der Waals surface area contributed by atoms with Crippen LogP contribution in [0, 0.1) is 11.3 Å². The minimum atomic E-state index is -3.12. The van der Waals surface area contributed by atoms with Crippen molar-refractivity contribution in [2.45, 2.75) is 60.4 Å². The smallest absolute Gasteiger partial charge is 0.211 e. The fraction of sp³-hybridized carbons (Fsp3) is 1.00. The molecule has 0 aromatic rings. The van der Waals surface area contributed by atoms with Gasteiger partial charge in [0.05, 0.1) is 5.75 Å². The Bertz CT molecular complexity index is 332. The van der Waals surface area contributed by atoms with Gasteiger partial charge in [-0.25, -0.2) is 13.1 Å². The fourth-order valence-electron chi connectivity index (χ4n) is 1.44. The van der Waals surface area contributed by atoms with Gasteiger partial charge in [-0.1, -0.05) is 41.5 Å². The van der Waals surface area contributed by atoms with E-state index in [0.29, 0.717) is 24.9 Å². The molecule has 0 fully saturated rings. The highest BCUT2D eigenvalue weighted by atomic mass is 32.2. The van der Waals surface area contributed by atoms with Crippen LogP contribution in [-0.2, 0) is 10.0 Å². The number of hydrogen-bond acceptors (Lipinski definition) is 3. The summed E-state index contributed by atoms with van der Waals surface area (Å²) in [6.45, 7) is 14.0. The lowest BCUT2D eigenvalue weighted by Gasteiger charge is -2.27. The lowest BCUT2D eigenvalue weighted by atomic mass is 9.82. The molecule has 0 amide bonds. The van der Waals surface area contributed by atoms with E-state index in [-0.39, 0.29) is 11.2 Å². The summed E-state index contributed by atoms with van der Waals surface area (Å²) in [6.07, 6.45) is 1.60. The van der Waals surface area contributed by atoms with Crippen LogP contribution < -0.4 is 10.0 Å². The molecule has 0 aromatic heterocycles. The van der Waals surface area contributed by atoms with Gasteiger partial charge in [0.15, 0.2) is 0 Å². The summed E-state index contributed by atoms with van der Waals surface area (Å²) >= 11 is 0. The highest BCUT2D eigenvalue weighted by Gasteiger charge is 2.21. The molecule has 0 aliphatic heterocycles. The Kier molecular flexibility index (Phi) is 8.17. The van der Waals surface area contributed by atoms with E-state index < -0.39 is 10.0 Å². The van der Waals surface area contributed by atoms with Gasteiger partial charge in [0, 0.05) is 12.6 Å². The maximum Gasteiger partial charge on any atom is 0.211 e. The minimum Gasteiger partial charge on any atom is -0.315 e. The summed E-state index contributed by atoms with van der Waals surface area (Å²) in [5, 5.41) is 3.29. The van der Waals surface area contributed by atoms with Crippen LogP contribution in [0.5, 0.6) is 0 Å². The van der Waals surface area contributed by atoms with Gasteiger partial charge in [0.25, 0.3) is 0 Å². The van der Waals surface area contributed by atoms with Crippen LogP contribution in [0.1, 0.15) is 54.4 Å². The van der Waals surface area contributed by atoms with Crippen molar-refractivity contribution in [3.05, 3.63) is 0 Å². The molecular weight excluding hydrogens is 260 g/mol. The zero-order valence-corrected chi connectivity index (χ0v) is 14.2. The molecule has 0 bridgehead atoms. The molecule has 0 saturated carbocycles. The predicted octanol–water partition coefficient (Wildman–Crippen LogP) is 2.37. The third kappa shape index (κ3) is 10.3. The van der Waals surface area contributed by atoms with Crippen LogP contribution in [0.4, 0.5) is 0 Å². The highest BCUT2D eigenvalue weighted by Crippen LogP contribution is 2.24. The normalized spacial score (nSPS) is 14.9. The number of hydrogen-bond donors (Lipinski definition) is 2. The Morgan fingerprint density at radius 3 is 2.11 bits per heavy atom. The van der Waals surface area contributed by atoms with Gasteiger partial charge in [-0.05, 0) is 30.7 Å². The van der Waals surface area contributed by atoms with Gasteiger partial charge in [-0.3, -0.25) is 0 Å². The van der Waals surface area contributed by atoms with E-state index >= 15 is 0 Å². The molecule has 0 heterocycles. The van der Waals surface area contributed by atoms with E-state index in [0.717, 1.165) is 13.0 Å². The molecule has 0 rings (SSSR count). The van der Waals surface area contributed by atoms with Crippen molar-refractivity contribution in [1.29, 1.82) is 0 Å². The Labute approximate surface area is 119 Å². The van der Waals surface area contributed by atoms with Crippen molar-refractivity contribution >= 4 is 10.0 Å². The largest absolute Gasteiger partial charge is 0.315 e. The molecule has 2 N–H and O–H groups in total. The first-order chi connectivity index (χ1) is 8.54. The Morgan fingerprint density at radius 1 is 1.05 bits per heavy atom. The average Bonchev–Trinajstić information content (AvgIpc) is 2.23. The lowest BCUT2D eigenvalue weighted by Crippen LogP contribution is -2.35. The molecule has 5 heteroatoms. The van der Waals surface area contributed by atoms with Crippen LogP contribution in [0.3, 0.4) is 0 Å². The Hall–Kier alpha value is -0.130. The second-order valence-corrected chi connectivity index (χ2v) is 8.68.